The topological polar surface area (TPSA) is 80.1 Å². The second kappa shape index (κ2) is 5.87. The summed E-state index contributed by atoms with van der Waals surface area (Å²) in [4.78, 5) is 17.2. The van der Waals surface area contributed by atoms with Crippen LogP contribution in [0.1, 0.15) is 22.7 Å². The number of hydrogen-bond donors (Lipinski definition) is 2. The van der Waals surface area contributed by atoms with E-state index >= 15 is 0 Å². The fourth-order valence-electron chi connectivity index (χ4n) is 1.81. The monoisotopic (exact) mass is 292 g/mol. The molecule has 0 saturated carbocycles. The predicted molar refractivity (Wildman–Crippen MR) is 81.5 cm³/mol. The van der Waals surface area contributed by atoms with Gasteiger partial charge in [0.05, 0.1) is 11.0 Å². The van der Waals surface area contributed by atoms with Crippen molar-refractivity contribution in [2.45, 2.75) is 19.9 Å². The van der Waals surface area contributed by atoms with Gasteiger partial charge >= 0.3 is 5.69 Å². The third-order valence-electron chi connectivity index (χ3n) is 2.87. The molecule has 1 unspecified atom stereocenters. The number of rotatable bonds is 5. The summed E-state index contributed by atoms with van der Waals surface area (Å²) in [7, 11) is 1.73. The van der Waals surface area contributed by atoms with Crippen LogP contribution in [0.15, 0.2) is 24.3 Å². The van der Waals surface area contributed by atoms with Crippen LogP contribution in [-0.2, 0) is 0 Å². The van der Waals surface area contributed by atoms with Crippen molar-refractivity contribution in [1.29, 1.82) is 0 Å². The third-order valence-corrected chi connectivity index (χ3v) is 4.05. The molecule has 0 aliphatic carbocycles. The van der Waals surface area contributed by atoms with Gasteiger partial charge in [-0.3, -0.25) is 10.1 Å². The Balaban J connectivity index is 2.29. The summed E-state index contributed by atoms with van der Waals surface area (Å²) in [6.45, 7) is 3.99. The van der Waals surface area contributed by atoms with E-state index in [-0.39, 0.29) is 17.5 Å². The maximum Gasteiger partial charge on any atom is 0.311 e. The molecule has 0 aliphatic rings. The predicted octanol–water partition coefficient (Wildman–Crippen LogP) is 3.57. The average molecular weight is 292 g/mol. The Morgan fingerprint density at radius 3 is 2.65 bits per heavy atom. The van der Waals surface area contributed by atoms with Crippen LogP contribution < -0.4 is 10.6 Å². The van der Waals surface area contributed by atoms with E-state index in [1.165, 1.54) is 10.9 Å². The van der Waals surface area contributed by atoms with E-state index in [9.17, 15) is 10.1 Å². The fourth-order valence-corrected chi connectivity index (χ4v) is 2.69. The van der Waals surface area contributed by atoms with Crippen molar-refractivity contribution in [2.24, 2.45) is 0 Å². The van der Waals surface area contributed by atoms with E-state index in [0.29, 0.717) is 5.82 Å². The van der Waals surface area contributed by atoms with E-state index in [1.807, 2.05) is 26.0 Å². The summed E-state index contributed by atoms with van der Waals surface area (Å²) < 4.78 is 0. The van der Waals surface area contributed by atoms with Gasteiger partial charge in [0.2, 0.25) is 5.82 Å². The van der Waals surface area contributed by atoms with Crippen LogP contribution in [0.2, 0.25) is 0 Å². The second-order valence-electron chi connectivity index (χ2n) is 4.39. The molecule has 7 heteroatoms. The molecule has 0 fully saturated rings. The largest absolute Gasteiger partial charge is 0.373 e. The van der Waals surface area contributed by atoms with Crippen LogP contribution in [0.5, 0.6) is 0 Å². The molecular weight excluding hydrogens is 276 g/mol. The molecule has 0 bridgehead atoms. The summed E-state index contributed by atoms with van der Waals surface area (Å²) >= 11 is 1.66. The Kier molecular flexibility index (Phi) is 4.19. The molecule has 2 heterocycles. The number of pyridine rings is 1. The number of anilines is 2. The van der Waals surface area contributed by atoms with E-state index in [1.54, 1.807) is 24.5 Å². The van der Waals surface area contributed by atoms with E-state index in [2.05, 4.69) is 15.6 Å². The van der Waals surface area contributed by atoms with Gasteiger partial charge in [-0.25, -0.2) is 4.98 Å². The lowest BCUT2D eigenvalue weighted by Crippen LogP contribution is -2.09. The van der Waals surface area contributed by atoms with Gasteiger partial charge < -0.3 is 10.6 Å². The molecule has 1 atom stereocenters. The molecule has 0 amide bonds. The minimum absolute atomic E-state index is 0.0240. The highest BCUT2D eigenvalue weighted by molar-refractivity contribution is 7.12. The number of aromatic nitrogens is 1. The number of nitrogens with one attached hydrogen (secondary N) is 2. The number of nitro groups is 1. The molecule has 2 aromatic rings. The van der Waals surface area contributed by atoms with Crippen LogP contribution in [0.3, 0.4) is 0 Å². The minimum Gasteiger partial charge on any atom is -0.373 e. The molecule has 2 aromatic heterocycles. The fraction of sp³-hybridized carbons (Fsp3) is 0.308. The highest BCUT2D eigenvalue weighted by atomic mass is 32.1. The van der Waals surface area contributed by atoms with Gasteiger partial charge in [0, 0.05) is 22.9 Å². The number of nitrogens with zero attached hydrogens (tertiary/aromatic N) is 2. The third kappa shape index (κ3) is 3.05. The van der Waals surface area contributed by atoms with Crippen molar-refractivity contribution in [1.82, 2.24) is 4.98 Å². The minimum atomic E-state index is -0.429. The van der Waals surface area contributed by atoms with Gasteiger partial charge in [0.15, 0.2) is 0 Å². The Labute approximate surface area is 121 Å². The Bertz CT molecular complexity index is 627. The van der Waals surface area contributed by atoms with Crippen LogP contribution in [0.4, 0.5) is 17.3 Å². The lowest BCUT2D eigenvalue weighted by atomic mass is 10.2. The van der Waals surface area contributed by atoms with Gasteiger partial charge in [-0.2, -0.15) is 0 Å². The normalized spacial score (nSPS) is 11.9. The summed E-state index contributed by atoms with van der Waals surface area (Å²) in [5.41, 5.74) is -0.0240. The first-order valence-corrected chi connectivity index (χ1v) is 6.99. The first-order chi connectivity index (χ1) is 9.51. The van der Waals surface area contributed by atoms with Crippen LogP contribution in [0.25, 0.3) is 0 Å². The Morgan fingerprint density at radius 1 is 1.35 bits per heavy atom. The lowest BCUT2D eigenvalue weighted by molar-refractivity contribution is -0.384. The second-order valence-corrected chi connectivity index (χ2v) is 5.71. The summed E-state index contributed by atoms with van der Waals surface area (Å²) in [6, 6.07) is 7.05. The summed E-state index contributed by atoms with van der Waals surface area (Å²) in [6.07, 6.45) is 0. The van der Waals surface area contributed by atoms with Crippen LogP contribution in [-0.4, -0.2) is 17.0 Å². The molecule has 106 valence electrons. The highest BCUT2D eigenvalue weighted by Crippen LogP contribution is 2.30. The number of hydrogen-bond acceptors (Lipinski definition) is 6. The zero-order valence-electron chi connectivity index (χ0n) is 11.5. The molecular formula is C13H16N4O2S. The van der Waals surface area contributed by atoms with Gasteiger partial charge in [0.25, 0.3) is 0 Å². The van der Waals surface area contributed by atoms with E-state index in [4.69, 9.17) is 0 Å². The highest BCUT2D eigenvalue weighted by Gasteiger charge is 2.18. The van der Waals surface area contributed by atoms with Crippen molar-refractivity contribution in [3.05, 3.63) is 44.1 Å². The number of thiophene rings is 1. The van der Waals surface area contributed by atoms with Gasteiger partial charge in [0.1, 0.15) is 5.82 Å². The quantitative estimate of drug-likeness (QED) is 0.650. The maximum atomic E-state index is 11.1. The summed E-state index contributed by atoms with van der Waals surface area (Å²) in [5.74, 6) is 0.869. The molecule has 0 aromatic carbocycles. The van der Waals surface area contributed by atoms with E-state index in [0.717, 1.165) is 4.88 Å². The SMILES string of the molecule is CNc1ccc([N+](=O)[O-])c(NC(C)c2ccc(C)s2)n1. The number of aryl methyl sites for hydroxylation is 1. The van der Waals surface area contributed by atoms with Gasteiger partial charge in [-0.05, 0) is 32.0 Å². The van der Waals surface area contributed by atoms with Crippen molar-refractivity contribution < 1.29 is 4.92 Å². The van der Waals surface area contributed by atoms with Gasteiger partial charge in [-0.15, -0.1) is 11.3 Å². The zero-order chi connectivity index (χ0) is 14.7. The Hall–Kier alpha value is -2.15. The zero-order valence-corrected chi connectivity index (χ0v) is 12.3. The van der Waals surface area contributed by atoms with Crippen LogP contribution in [0, 0.1) is 17.0 Å². The van der Waals surface area contributed by atoms with Crippen molar-refractivity contribution in [3.63, 3.8) is 0 Å². The molecule has 20 heavy (non-hydrogen) atoms. The smallest absolute Gasteiger partial charge is 0.311 e. The first kappa shape index (κ1) is 14.3. The first-order valence-electron chi connectivity index (χ1n) is 6.17. The molecule has 0 aliphatic heterocycles. The maximum absolute atomic E-state index is 11.1. The van der Waals surface area contributed by atoms with Crippen molar-refractivity contribution in [3.8, 4) is 0 Å². The molecule has 0 saturated heterocycles. The summed E-state index contributed by atoms with van der Waals surface area (Å²) in [5, 5.41) is 17.0. The van der Waals surface area contributed by atoms with Gasteiger partial charge in [-0.1, -0.05) is 0 Å². The molecule has 0 radical (unpaired) electrons. The molecule has 2 rings (SSSR count). The van der Waals surface area contributed by atoms with Crippen molar-refractivity contribution >= 4 is 28.7 Å². The lowest BCUT2D eigenvalue weighted by Gasteiger charge is -2.13. The standard InChI is InChI=1S/C13H16N4O2S/c1-8-4-6-11(20-8)9(2)15-13-10(17(18)19)5-7-12(14-3)16-13/h4-7,9H,1-3H3,(H2,14,15,16). The Morgan fingerprint density at radius 2 is 2.10 bits per heavy atom. The van der Waals surface area contributed by atoms with Crippen molar-refractivity contribution in [2.75, 3.05) is 17.7 Å². The molecule has 2 N–H and O–H groups in total. The average Bonchev–Trinajstić information content (AvgIpc) is 2.85. The van der Waals surface area contributed by atoms with E-state index < -0.39 is 4.92 Å². The molecule has 6 nitrogen and oxygen atoms in total. The molecule has 0 spiro atoms. The van der Waals surface area contributed by atoms with Crippen LogP contribution >= 0.6 is 11.3 Å².